The number of hydrogen-bond acceptors (Lipinski definition) is 4. The van der Waals surface area contributed by atoms with Crippen LogP contribution < -0.4 is 9.47 Å². The Morgan fingerprint density at radius 3 is 2.48 bits per heavy atom. The van der Waals surface area contributed by atoms with E-state index in [4.69, 9.17) is 9.47 Å². The number of likely N-dealkylation sites (N-methyl/N-ethyl adjacent to an activating group) is 1. The summed E-state index contributed by atoms with van der Waals surface area (Å²) in [5.74, 6) is 0.761. The van der Waals surface area contributed by atoms with Crippen LogP contribution in [0.5, 0.6) is 11.5 Å². The lowest BCUT2D eigenvalue weighted by atomic mass is 10.2. The number of fused-ring (bicyclic) bond motifs is 1. The molecule has 0 spiro atoms. The molecule has 0 fully saturated rings. The van der Waals surface area contributed by atoms with Gasteiger partial charge < -0.3 is 9.47 Å². The molecule has 0 saturated heterocycles. The van der Waals surface area contributed by atoms with Gasteiger partial charge in [-0.15, -0.1) is 0 Å². The maximum Gasteiger partial charge on any atom is 0.242 e. The summed E-state index contributed by atoms with van der Waals surface area (Å²) in [5.41, 5.74) is 0. The van der Waals surface area contributed by atoms with E-state index in [9.17, 15) is 12.8 Å². The number of sulfonamides is 1. The van der Waals surface area contributed by atoms with E-state index >= 15 is 0 Å². The minimum absolute atomic E-state index is 0.0403. The fourth-order valence-electron chi connectivity index (χ4n) is 2.32. The van der Waals surface area contributed by atoms with Crippen molar-refractivity contribution in [2.45, 2.75) is 11.0 Å². The van der Waals surface area contributed by atoms with Crippen LogP contribution in [0.1, 0.15) is 0 Å². The molecule has 7 heteroatoms. The molecule has 3 rings (SSSR count). The van der Waals surface area contributed by atoms with Crippen molar-refractivity contribution >= 4 is 10.0 Å². The Morgan fingerprint density at radius 2 is 1.78 bits per heavy atom. The smallest absolute Gasteiger partial charge is 0.242 e. The highest BCUT2D eigenvalue weighted by Crippen LogP contribution is 2.31. The summed E-state index contributed by atoms with van der Waals surface area (Å²) < 4.78 is 50.4. The summed E-state index contributed by atoms with van der Waals surface area (Å²) in [6, 6.07) is 12.0. The standard InChI is InChI=1S/C16H16FNO4S/c1-18(23(19,20)14-8-6-12(17)7-9-14)10-13-11-21-15-4-2-3-5-16(15)22-13/h2-9,13H,10-11H2,1H3/t13-/m0/s1. The molecule has 2 aromatic carbocycles. The van der Waals surface area contributed by atoms with Crippen LogP contribution in [-0.4, -0.2) is 39.0 Å². The molecule has 23 heavy (non-hydrogen) atoms. The molecular weight excluding hydrogens is 321 g/mol. The first-order valence-corrected chi connectivity index (χ1v) is 8.51. The number of benzene rings is 2. The van der Waals surface area contributed by atoms with E-state index in [-0.39, 0.29) is 18.0 Å². The van der Waals surface area contributed by atoms with Crippen molar-refractivity contribution < 1.29 is 22.3 Å². The predicted octanol–water partition coefficient (Wildman–Crippen LogP) is 2.29. The number of hydrogen-bond donors (Lipinski definition) is 0. The van der Waals surface area contributed by atoms with E-state index in [0.29, 0.717) is 11.5 Å². The van der Waals surface area contributed by atoms with Gasteiger partial charge in [-0.2, -0.15) is 4.31 Å². The van der Waals surface area contributed by atoms with Gasteiger partial charge >= 0.3 is 0 Å². The second kappa shape index (κ2) is 6.17. The van der Waals surface area contributed by atoms with Crippen molar-refractivity contribution in [3.63, 3.8) is 0 Å². The molecule has 0 unspecified atom stereocenters. The van der Waals surface area contributed by atoms with Crippen LogP contribution in [0.3, 0.4) is 0 Å². The maximum atomic E-state index is 12.9. The van der Waals surface area contributed by atoms with Crippen LogP contribution in [0.25, 0.3) is 0 Å². The summed E-state index contributed by atoms with van der Waals surface area (Å²) in [5, 5.41) is 0. The summed E-state index contributed by atoms with van der Waals surface area (Å²) in [6.07, 6.45) is -0.412. The molecule has 2 aromatic rings. The lowest BCUT2D eigenvalue weighted by Crippen LogP contribution is -2.41. The average Bonchev–Trinajstić information content (AvgIpc) is 2.55. The van der Waals surface area contributed by atoms with Crippen LogP contribution in [0.4, 0.5) is 4.39 Å². The monoisotopic (exact) mass is 337 g/mol. The quantitative estimate of drug-likeness (QED) is 0.859. The van der Waals surface area contributed by atoms with E-state index in [2.05, 4.69) is 0 Å². The van der Waals surface area contributed by atoms with Crippen molar-refractivity contribution in [3.05, 3.63) is 54.3 Å². The van der Waals surface area contributed by atoms with Crippen LogP contribution >= 0.6 is 0 Å². The highest BCUT2D eigenvalue weighted by Gasteiger charge is 2.27. The lowest BCUT2D eigenvalue weighted by molar-refractivity contribution is 0.0798. The van der Waals surface area contributed by atoms with E-state index in [1.165, 1.54) is 23.5 Å². The molecule has 122 valence electrons. The second-order valence-corrected chi connectivity index (χ2v) is 7.28. The zero-order chi connectivity index (χ0) is 16.4. The number of para-hydroxylation sites is 2. The minimum Gasteiger partial charge on any atom is -0.486 e. The first kappa shape index (κ1) is 15.8. The summed E-state index contributed by atoms with van der Waals surface area (Å²) in [7, 11) is -2.24. The molecule has 0 bridgehead atoms. The molecule has 1 atom stereocenters. The third-order valence-electron chi connectivity index (χ3n) is 3.55. The molecule has 0 aliphatic carbocycles. The second-order valence-electron chi connectivity index (χ2n) is 5.24. The Bertz CT molecular complexity index is 792. The molecule has 0 amide bonds. The van der Waals surface area contributed by atoms with Gasteiger partial charge in [-0.25, -0.2) is 12.8 Å². The van der Waals surface area contributed by atoms with Crippen LogP contribution in [0.2, 0.25) is 0 Å². The lowest BCUT2D eigenvalue weighted by Gasteiger charge is -2.29. The molecule has 1 aliphatic rings. The van der Waals surface area contributed by atoms with E-state index in [1.54, 1.807) is 12.1 Å². The molecule has 1 aliphatic heterocycles. The van der Waals surface area contributed by atoms with E-state index in [1.807, 2.05) is 12.1 Å². The Kier molecular flexibility index (Phi) is 4.23. The SMILES string of the molecule is CN(C[C@H]1COc2ccccc2O1)S(=O)(=O)c1ccc(F)cc1. The van der Waals surface area contributed by atoms with Gasteiger partial charge in [0.1, 0.15) is 18.5 Å². The maximum absolute atomic E-state index is 12.9. The highest BCUT2D eigenvalue weighted by molar-refractivity contribution is 7.89. The first-order valence-electron chi connectivity index (χ1n) is 7.07. The Labute approximate surface area is 134 Å². The molecule has 0 N–H and O–H groups in total. The van der Waals surface area contributed by atoms with Gasteiger partial charge in [0.25, 0.3) is 0 Å². The van der Waals surface area contributed by atoms with Gasteiger partial charge in [-0.05, 0) is 36.4 Å². The first-order chi connectivity index (χ1) is 11.0. The highest BCUT2D eigenvalue weighted by atomic mass is 32.2. The van der Waals surface area contributed by atoms with Gasteiger partial charge in [-0.1, -0.05) is 12.1 Å². The zero-order valence-electron chi connectivity index (χ0n) is 12.5. The molecular formula is C16H16FNO4S. The normalized spacial score (nSPS) is 17.3. The summed E-state index contributed by atoms with van der Waals surface area (Å²) in [4.78, 5) is 0.0403. The molecule has 0 saturated carbocycles. The van der Waals surface area contributed by atoms with Crippen molar-refractivity contribution in [1.82, 2.24) is 4.31 Å². The Hall–Kier alpha value is -2.12. The summed E-state index contributed by atoms with van der Waals surface area (Å²) >= 11 is 0. The van der Waals surface area contributed by atoms with Crippen molar-refractivity contribution in [1.29, 1.82) is 0 Å². The van der Waals surface area contributed by atoms with E-state index < -0.39 is 21.9 Å². The van der Waals surface area contributed by atoms with Gasteiger partial charge in [0.15, 0.2) is 11.5 Å². The topological polar surface area (TPSA) is 55.8 Å². The van der Waals surface area contributed by atoms with Crippen molar-refractivity contribution in [2.75, 3.05) is 20.2 Å². The van der Waals surface area contributed by atoms with Crippen LogP contribution in [-0.2, 0) is 10.0 Å². The Balaban J connectivity index is 1.72. The molecule has 0 radical (unpaired) electrons. The van der Waals surface area contributed by atoms with Gasteiger partial charge in [0.05, 0.1) is 11.4 Å². The van der Waals surface area contributed by atoms with Gasteiger partial charge in [-0.3, -0.25) is 0 Å². The minimum atomic E-state index is -3.70. The fraction of sp³-hybridized carbons (Fsp3) is 0.250. The Morgan fingerprint density at radius 1 is 1.13 bits per heavy atom. The van der Waals surface area contributed by atoms with Gasteiger partial charge in [0, 0.05) is 7.05 Å². The largest absolute Gasteiger partial charge is 0.486 e. The number of halogens is 1. The predicted molar refractivity (Wildman–Crippen MR) is 82.6 cm³/mol. The third-order valence-corrected chi connectivity index (χ3v) is 5.39. The molecule has 0 aromatic heterocycles. The molecule has 1 heterocycles. The number of nitrogens with zero attached hydrogens (tertiary/aromatic N) is 1. The van der Waals surface area contributed by atoms with Crippen LogP contribution in [0, 0.1) is 5.82 Å². The van der Waals surface area contributed by atoms with Crippen LogP contribution in [0.15, 0.2) is 53.4 Å². The fourth-order valence-corrected chi connectivity index (χ4v) is 3.53. The number of ether oxygens (including phenoxy) is 2. The van der Waals surface area contributed by atoms with Crippen molar-refractivity contribution in [2.24, 2.45) is 0 Å². The molecule has 5 nitrogen and oxygen atoms in total. The van der Waals surface area contributed by atoms with E-state index in [0.717, 1.165) is 12.1 Å². The van der Waals surface area contributed by atoms with Gasteiger partial charge in [0.2, 0.25) is 10.0 Å². The average molecular weight is 337 g/mol. The number of rotatable bonds is 4. The third kappa shape index (κ3) is 3.30. The zero-order valence-corrected chi connectivity index (χ0v) is 13.3. The summed E-state index contributed by atoms with van der Waals surface area (Å²) in [6.45, 7) is 0.397. The van der Waals surface area contributed by atoms with Crippen molar-refractivity contribution in [3.8, 4) is 11.5 Å².